The van der Waals surface area contributed by atoms with Gasteiger partial charge >= 0.3 is 5.97 Å². The van der Waals surface area contributed by atoms with E-state index in [1.165, 1.54) is 6.07 Å². The Balaban J connectivity index is 1.81. The SMILES string of the molecule is O=C(O)c1ccc2c(c1)[C@H]1C=CC[C@@H]1[C@@H](c1ccccc1F)N2. The summed E-state index contributed by atoms with van der Waals surface area (Å²) in [7, 11) is 0. The summed E-state index contributed by atoms with van der Waals surface area (Å²) in [4.78, 5) is 11.2. The minimum absolute atomic E-state index is 0.112. The molecule has 0 fully saturated rings. The van der Waals surface area contributed by atoms with Crippen LogP contribution < -0.4 is 5.32 Å². The number of hydrogen-bond donors (Lipinski definition) is 2. The van der Waals surface area contributed by atoms with E-state index in [2.05, 4.69) is 17.5 Å². The Kier molecular flexibility index (Phi) is 3.18. The molecule has 4 rings (SSSR count). The molecule has 3 nitrogen and oxygen atoms in total. The summed E-state index contributed by atoms with van der Waals surface area (Å²) in [6, 6.07) is 11.8. The van der Waals surface area contributed by atoms with Gasteiger partial charge in [0.15, 0.2) is 0 Å². The smallest absolute Gasteiger partial charge is 0.335 e. The molecule has 0 saturated heterocycles. The highest BCUT2D eigenvalue weighted by molar-refractivity contribution is 5.89. The van der Waals surface area contributed by atoms with Crippen molar-refractivity contribution in [3.05, 3.63) is 77.1 Å². The van der Waals surface area contributed by atoms with Gasteiger partial charge in [0, 0.05) is 17.2 Å². The second-order valence-electron chi connectivity index (χ2n) is 6.10. The number of rotatable bonds is 2. The molecule has 116 valence electrons. The number of nitrogens with one attached hydrogen (secondary N) is 1. The maximum Gasteiger partial charge on any atom is 0.335 e. The summed E-state index contributed by atoms with van der Waals surface area (Å²) in [5, 5.41) is 12.6. The van der Waals surface area contributed by atoms with Gasteiger partial charge in [0.05, 0.1) is 11.6 Å². The van der Waals surface area contributed by atoms with Crippen LogP contribution in [0.15, 0.2) is 54.6 Å². The summed E-state index contributed by atoms with van der Waals surface area (Å²) in [6.45, 7) is 0. The normalized spacial score (nSPS) is 24.7. The van der Waals surface area contributed by atoms with Crippen molar-refractivity contribution in [3.63, 3.8) is 0 Å². The van der Waals surface area contributed by atoms with Crippen LogP contribution in [0.5, 0.6) is 0 Å². The summed E-state index contributed by atoms with van der Waals surface area (Å²) < 4.78 is 14.2. The van der Waals surface area contributed by atoms with Crippen LogP contribution in [-0.4, -0.2) is 11.1 Å². The van der Waals surface area contributed by atoms with Crippen molar-refractivity contribution < 1.29 is 14.3 Å². The Morgan fingerprint density at radius 1 is 1.17 bits per heavy atom. The average Bonchev–Trinajstić information content (AvgIpc) is 3.04. The Morgan fingerprint density at radius 2 is 2.00 bits per heavy atom. The van der Waals surface area contributed by atoms with Crippen molar-refractivity contribution in [2.45, 2.75) is 18.4 Å². The topological polar surface area (TPSA) is 49.3 Å². The largest absolute Gasteiger partial charge is 0.478 e. The number of aromatic carboxylic acids is 1. The lowest BCUT2D eigenvalue weighted by molar-refractivity contribution is 0.0696. The van der Waals surface area contributed by atoms with E-state index >= 15 is 0 Å². The molecule has 2 N–H and O–H groups in total. The van der Waals surface area contributed by atoms with Crippen LogP contribution in [0.3, 0.4) is 0 Å². The molecule has 0 bridgehead atoms. The number of hydrogen-bond acceptors (Lipinski definition) is 2. The van der Waals surface area contributed by atoms with Gasteiger partial charge in [0.1, 0.15) is 5.82 Å². The molecule has 0 aromatic heterocycles. The molecule has 1 heterocycles. The van der Waals surface area contributed by atoms with Crippen molar-refractivity contribution in [1.29, 1.82) is 0 Å². The maximum atomic E-state index is 14.2. The second-order valence-corrected chi connectivity index (χ2v) is 6.10. The van der Waals surface area contributed by atoms with Crippen LogP contribution in [0.2, 0.25) is 0 Å². The van der Waals surface area contributed by atoms with Crippen molar-refractivity contribution in [3.8, 4) is 0 Å². The third-order valence-corrected chi connectivity index (χ3v) is 4.85. The first-order valence-corrected chi connectivity index (χ1v) is 7.70. The fourth-order valence-corrected chi connectivity index (χ4v) is 3.76. The first kappa shape index (κ1) is 14.0. The highest BCUT2D eigenvalue weighted by Gasteiger charge is 2.39. The molecule has 0 amide bonds. The molecule has 3 atom stereocenters. The lowest BCUT2D eigenvalue weighted by Crippen LogP contribution is -2.29. The first-order chi connectivity index (χ1) is 11.1. The first-order valence-electron chi connectivity index (χ1n) is 7.70. The predicted octanol–water partition coefficient (Wildman–Crippen LogP) is 4.35. The standard InChI is InChI=1S/C19H16FNO2/c20-16-7-2-1-4-14(16)18-13-6-3-5-12(13)15-10-11(19(22)23)8-9-17(15)21-18/h1-5,7-10,12-13,18,21H,6H2,(H,22,23)/t12-,13-,18-/m0/s1. The summed E-state index contributed by atoms with van der Waals surface area (Å²) >= 11 is 0. The number of anilines is 1. The number of carboxylic acids is 1. The molecular weight excluding hydrogens is 293 g/mol. The van der Waals surface area contributed by atoms with Gasteiger partial charge in [0.2, 0.25) is 0 Å². The highest BCUT2D eigenvalue weighted by atomic mass is 19.1. The third-order valence-electron chi connectivity index (χ3n) is 4.85. The number of fused-ring (bicyclic) bond motifs is 3. The van der Waals surface area contributed by atoms with Gasteiger partial charge in [-0.3, -0.25) is 0 Å². The molecule has 1 aliphatic carbocycles. The van der Waals surface area contributed by atoms with E-state index < -0.39 is 5.97 Å². The molecule has 2 aliphatic rings. The van der Waals surface area contributed by atoms with E-state index in [0.717, 1.165) is 17.7 Å². The van der Waals surface area contributed by atoms with Gasteiger partial charge in [-0.2, -0.15) is 0 Å². The molecule has 0 unspecified atom stereocenters. The number of carboxylic acid groups (broad SMARTS) is 1. The van der Waals surface area contributed by atoms with E-state index in [0.29, 0.717) is 5.56 Å². The fraction of sp³-hybridized carbons (Fsp3) is 0.211. The number of halogens is 1. The van der Waals surface area contributed by atoms with Crippen LogP contribution in [0.25, 0.3) is 0 Å². The molecule has 0 radical (unpaired) electrons. The van der Waals surface area contributed by atoms with Crippen molar-refractivity contribution in [2.24, 2.45) is 5.92 Å². The number of allylic oxidation sites excluding steroid dienone is 2. The lowest BCUT2D eigenvalue weighted by atomic mass is 9.76. The zero-order valence-corrected chi connectivity index (χ0v) is 12.4. The van der Waals surface area contributed by atoms with Crippen LogP contribution >= 0.6 is 0 Å². The number of carbonyl (C=O) groups is 1. The summed E-state index contributed by atoms with van der Waals surface area (Å²) in [5.41, 5.74) is 2.82. The van der Waals surface area contributed by atoms with Gasteiger partial charge in [-0.1, -0.05) is 30.4 Å². The third kappa shape index (κ3) is 2.22. The Morgan fingerprint density at radius 3 is 2.78 bits per heavy atom. The van der Waals surface area contributed by atoms with E-state index in [9.17, 15) is 14.3 Å². The average molecular weight is 309 g/mol. The van der Waals surface area contributed by atoms with Crippen LogP contribution in [0, 0.1) is 11.7 Å². The van der Waals surface area contributed by atoms with Gasteiger partial charge in [-0.15, -0.1) is 0 Å². The molecule has 23 heavy (non-hydrogen) atoms. The minimum atomic E-state index is -0.928. The molecule has 4 heteroatoms. The van der Waals surface area contributed by atoms with Crippen molar-refractivity contribution >= 4 is 11.7 Å². The van der Waals surface area contributed by atoms with Crippen molar-refractivity contribution in [1.82, 2.24) is 0 Å². The van der Waals surface area contributed by atoms with Gasteiger partial charge in [-0.05, 0) is 42.2 Å². The Bertz CT molecular complexity index is 815. The van der Waals surface area contributed by atoms with Gasteiger partial charge in [0.25, 0.3) is 0 Å². The zero-order valence-electron chi connectivity index (χ0n) is 12.4. The quantitative estimate of drug-likeness (QED) is 0.811. The fourth-order valence-electron chi connectivity index (χ4n) is 3.76. The van der Waals surface area contributed by atoms with E-state index in [-0.39, 0.29) is 29.3 Å². The predicted molar refractivity (Wildman–Crippen MR) is 86.2 cm³/mol. The molecule has 2 aromatic carbocycles. The van der Waals surface area contributed by atoms with E-state index in [4.69, 9.17) is 0 Å². The van der Waals surface area contributed by atoms with Crippen LogP contribution in [-0.2, 0) is 0 Å². The molecule has 1 aliphatic heterocycles. The molecule has 0 saturated carbocycles. The van der Waals surface area contributed by atoms with Gasteiger partial charge in [-0.25, -0.2) is 9.18 Å². The summed E-state index contributed by atoms with van der Waals surface area (Å²) in [5.74, 6) is -0.817. The maximum absolute atomic E-state index is 14.2. The second kappa shape index (κ2) is 5.23. The minimum Gasteiger partial charge on any atom is -0.478 e. The monoisotopic (exact) mass is 309 g/mol. The van der Waals surface area contributed by atoms with E-state index in [1.54, 1.807) is 24.3 Å². The Labute approximate surface area is 133 Å². The lowest BCUT2D eigenvalue weighted by Gasteiger charge is -2.37. The zero-order chi connectivity index (χ0) is 16.0. The van der Waals surface area contributed by atoms with Gasteiger partial charge < -0.3 is 10.4 Å². The van der Waals surface area contributed by atoms with Crippen LogP contribution in [0.4, 0.5) is 10.1 Å². The van der Waals surface area contributed by atoms with Crippen LogP contribution in [0.1, 0.15) is 39.9 Å². The molecular formula is C19H16FNO2. The molecule has 0 spiro atoms. The number of benzene rings is 2. The molecule has 2 aromatic rings. The van der Waals surface area contributed by atoms with E-state index in [1.807, 2.05) is 12.1 Å². The summed E-state index contributed by atoms with van der Waals surface area (Å²) in [6.07, 6.45) is 5.07. The highest BCUT2D eigenvalue weighted by Crippen LogP contribution is 2.50. The van der Waals surface area contributed by atoms with Crippen molar-refractivity contribution in [2.75, 3.05) is 5.32 Å². The Hall–Kier alpha value is -2.62.